The van der Waals surface area contributed by atoms with Gasteiger partial charge in [-0.25, -0.2) is 4.79 Å². The normalized spacial score (nSPS) is 10.2. The molecule has 1 heterocycles. The minimum atomic E-state index is -0.407. The maximum Gasteiger partial charge on any atom is 0.427 e. The van der Waals surface area contributed by atoms with Crippen molar-refractivity contribution in [3.8, 4) is 5.69 Å². The molecule has 0 fully saturated rings. The fraction of sp³-hybridized carbons (Fsp3) is 0. The molecule has 0 unspecified atom stereocenters. The lowest BCUT2D eigenvalue weighted by Gasteiger charge is -1.90. The number of nitrogens with one attached hydrogen (secondary N) is 1. The van der Waals surface area contributed by atoms with E-state index in [1.165, 1.54) is 10.9 Å². The van der Waals surface area contributed by atoms with Gasteiger partial charge in [-0.1, -0.05) is 12.1 Å². The molecule has 0 bridgehead atoms. The lowest BCUT2D eigenvalue weighted by atomic mass is 10.3. The van der Waals surface area contributed by atoms with Crippen LogP contribution in [0.2, 0.25) is 0 Å². The number of aromatic amines is 1. The maximum absolute atomic E-state index is 10.7. The Balaban J connectivity index is 2.58. The average Bonchev–Trinajstić information content (AvgIpc) is 2.53. The van der Waals surface area contributed by atoms with Crippen LogP contribution in [0.4, 0.5) is 0 Å². The van der Waals surface area contributed by atoms with Gasteiger partial charge in [-0.3, -0.25) is 4.52 Å². The fourth-order valence-corrected chi connectivity index (χ4v) is 1.49. The molecule has 1 aromatic carbocycles. The van der Waals surface area contributed by atoms with Crippen LogP contribution in [0.25, 0.3) is 5.69 Å². The Labute approximate surface area is 81.9 Å². The van der Waals surface area contributed by atoms with Crippen molar-refractivity contribution in [1.82, 2.24) is 5.27 Å². The highest BCUT2D eigenvalue weighted by atomic mass is 79.9. The first-order valence-corrected chi connectivity index (χ1v) is 4.42. The van der Waals surface area contributed by atoms with Gasteiger partial charge in [0.1, 0.15) is 0 Å². The molecule has 0 radical (unpaired) electrons. The highest BCUT2D eigenvalue weighted by molar-refractivity contribution is 9.10. The van der Waals surface area contributed by atoms with Crippen LogP contribution in [0.1, 0.15) is 0 Å². The third kappa shape index (κ3) is 1.55. The summed E-state index contributed by atoms with van der Waals surface area (Å²) in [4.78, 5) is 10.7. The monoisotopic (exact) mass is 241 g/mol. The van der Waals surface area contributed by atoms with Gasteiger partial charge in [0.25, 0.3) is 11.9 Å². The number of halogens is 1. The number of rotatable bonds is 1. The standard InChI is InChI=1S/C8H5BrN2O2/c9-6-3-1-2-4-7(6)11-5-8(12)13-10-11/h1-5H/p+1. The van der Waals surface area contributed by atoms with Gasteiger partial charge in [-0.15, -0.1) is 0 Å². The molecule has 0 aliphatic heterocycles. The Kier molecular flexibility index (Phi) is 2.02. The number of H-pyrrole nitrogens is 1. The summed E-state index contributed by atoms with van der Waals surface area (Å²) in [5, 5.41) is 2.46. The third-order valence-corrected chi connectivity index (χ3v) is 2.26. The first-order valence-electron chi connectivity index (χ1n) is 3.62. The maximum atomic E-state index is 10.7. The third-order valence-electron chi connectivity index (χ3n) is 1.59. The summed E-state index contributed by atoms with van der Waals surface area (Å²) < 4.78 is 6.93. The molecule has 13 heavy (non-hydrogen) atoms. The molecule has 5 heteroatoms. The quantitative estimate of drug-likeness (QED) is 0.758. The summed E-state index contributed by atoms with van der Waals surface area (Å²) in [5.74, 6) is 0. The second-order valence-electron chi connectivity index (χ2n) is 2.46. The molecule has 2 aromatic rings. The summed E-state index contributed by atoms with van der Waals surface area (Å²) in [6.07, 6.45) is 1.33. The summed E-state index contributed by atoms with van der Waals surface area (Å²) in [6, 6.07) is 7.51. The van der Waals surface area contributed by atoms with Crippen molar-refractivity contribution >= 4 is 15.9 Å². The molecule has 0 amide bonds. The molecule has 1 aromatic heterocycles. The zero-order valence-corrected chi connectivity index (χ0v) is 8.11. The molecule has 0 saturated carbocycles. The van der Waals surface area contributed by atoms with E-state index in [2.05, 4.69) is 25.7 Å². The van der Waals surface area contributed by atoms with Gasteiger partial charge in [-0.05, 0) is 31.9 Å². The summed E-state index contributed by atoms with van der Waals surface area (Å²) in [6.45, 7) is 0. The molecule has 0 atom stereocenters. The highest BCUT2D eigenvalue weighted by Gasteiger charge is 2.12. The number of benzene rings is 1. The zero-order valence-electron chi connectivity index (χ0n) is 6.53. The highest BCUT2D eigenvalue weighted by Crippen LogP contribution is 2.14. The van der Waals surface area contributed by atoms with Crippen molar-refractivity contribution in [1.29, 1.82) is 0 Å². The minimum absolute atomic E-state index is 0.407. The topological polar surface area (TPSA) is 49.9 Å². The Morgan fingerprint density at radius 3 is 2.77 bits per heavy atom. The summed E-state index contributed by atoms with van der Waals surface area (Å²) in [5.41, 5.74) is 0.420. The lowest BCUT2D eigenvalue weighted by molar-refractivity contribution is -0.671. The van der Waals surface area contributed by atoms with Gasteiger partial charge >= 0.3 is 5.63 Å². The van der Waals surface area contributed by atoms with E-state index in [1.807, 2.05) is 24.3 Å². The van der Waals surface area contributed by atoms with Crippen molar-refractivity contribution in [2.45, 2.75) is 0 Å². The van der Waals surface area contributed by atoms with Crippen LogP contribution in [-0.4, -0.2) is 5.27 Å². The molecular weight excluding hydrogens is 236 g/mol. The van der Waals surface area contributed by atoms with Crippen molar-refractivity contribution in [3.05, 3.63) is 45.4 Å². The SMILES string of the molecule is O=c1c[n+](-c2ccccc2Br)[nH]o1. The van der Waals surface area contributed by atoms with Crippen molar-refractivity contribution in [2.24, 2.45) is 0 Å². The molecule has 66 valence electrons. The molecule has 1 N–H and O–H groups in total. The second kappa shape index (κ2) is 3.18. The van der Waals surface area contributed by atoms with E-state index < -0.39 is 5.63 Å². The fourth-order valence-electron chi connectivity index (χ4n) is 1.02. The van der Waals surface area contributed by atoms with Gasteiger partial charge in [0.2, 0.25) is 0 Å². The van der Waals surface area contributed by atoms with Gasteiger partial charge < -0.3 is 0 Å². The first-order chi connectivity index (χ1) is 6.27. The van der Waals surface area contributed by atoms with E-state index in [-0.39, 0.29) is 0 Å². The van der Waals surface area contributed by atoms with Gasteiger partial charge in [0.05, 0.1) is 4.47 Å². The van der Waals surface area contributed by atoms with Gasteiger partial charge in [0.15, 0.2) is 0 Å². The average molecular weight is 242 g/mol. The molecule has 4 nitrogen and oxygen atoms in total. The van der Waals surface area contributed by atoms with Gasteiger partial charge in [-0.2, -0.15) is 0 Å². The van der Waals surface area contributed by atoms with E-state index in [0.29, 0.717) is 0 Å². The number of hydrogen-bond acceptors (Lipinski definition) is 2. The van der Waals surface area contributed by atoms with Crippen LogP contribution in [-0.2, 0) is 0 Å². The molecule has 0 spiro atoms. The van der Waals surface area contributed by atoms with Crippen LogP contribution in [0.3, 0.4) is 0 Å². The number of hydrogen-bond donors (Lipinski definition) is 1. The van der Waals surface area contributed by atoms with E-state index in [1.54, 1.807) is 0 Å². The van der Waals surface area contributed by atoms with Crippen LogP contribution in [0.15, 0.2) is 44.3 Å². The van der Waals surface area contributed by atoms with E-state index in [4.69, 9.17) is 0 Å². The predicted molar refractivity (Wildman–Crippen MR) is 48.6 cm³/mol. The smallest absolute Gasteiger partial charge is 0.283 e. The van der Waals surface area contributed by atoms with E-state index in [0.717, 1.165) is 10.2 Å². The predicted octanol–water partition coefficient (Wildman–Crippen LogP) is 1.01. The van der Waals surface area contributed by atoms with Crippen LogP contribution < -0.4 is 10.3 Å². The number of nitrogens with zero attached hydrogens (tertiary/aromatic N) is 1. The van der Waals surface area contributed by atoms with Crippen LogP contribution in [0.5, 0.6) is 0 Å². The summed E-state index contributed by atoms with van der Waals surface area (Å²) in [7, 11) is 0. The Bertz CT molecular complexity index is 475. The molecule has 0 saturated heterocycles. The minimum Gasteiger partial charge on any atom is -0.283 e. The Morgan fingerprint density at radius 2 is 2.15 bits per heavy atom. The molecular formula is C8H6BrN2O2+. The molecule has 0 aliphatic rings. The van der Waals surface area contributed by atoms with Crippen LogP contribution in [0, 0.1) is 0 Å². The van der Waals surface area contributed by atoms with E-state index >= 15 is 0 Å². The largest absolute Gasteiger partial charge is 0.427 e. The molecule has 0 aliphatic carbocycles. The van der Waals surface area contributed by atoms with E-state index in [9.17, 15) is 4.79 Å². The first kappa shape index (κ1) is 8.25. The van der Waals surface area contributed by atoms with Gasteiger partial charge in [0, 0.05) is 6.07 Å². The number of aromatic nitrogens is 2. The molecule has 2 rings (SSSR count). The van der Waals surface area contributed by atoms with Crippen molar-refractivity contribution < 1.29 is 9.20 Å². The van der Waals surface area contributed by atoms with Crippen LogP contribution >= 0.6 is 15.9 Å². The van der Waals surface area contributed by atoms with Crippen molar-refractivity contribution in [3.63, 3.8) is 0 Å². The Morgan fingerprint density at radius 1 is 1.38 bits per heavy atom. The lowest BCUT2D eigenvalue weighted by Crippen LogP contribution is -2.32. The zero-order chi connectivity index (χ0) is 9.26. The number of para-hydroxylation sites is 1. The Hall–Kier alpha value is -1.36. The van der Waals surface area contributed by atoms with Crippen molar-refractivity contribution in [2.75, 3.05) is 0 Å². The summed E-state index contributed by atoms with van der Waals surface area (Å²) >= 11 is 3.36. The second-order valence-corrected chi connectivity index (χ2v) is 3.32.